The summed E-state index contributed by atoms with van der Waals surface area (Å²) in [5.74, 6) is -1.58. The summed E-state index contributed by atoms with van der Waals surface area (Å²) in [6, 6.07) is -1.25. The summed E-state index contributed by atoms with van der Waals surface area (Å²) in [5, 5.41) is 22.9. The highest BCUT2D eigenvalue weighted by Gasteiger charge is 2.27. The lowest BCUT2D eigenvalue weighted by molar-refractivity contribution is -0.130. The summed E-state index contributed by atoms with van der Waals surface area (Å²) in [6.07, 6.45) is 22.4. The number of hydrogen-bond donors (Lipinski definition) is 4. The van der Waals surface area contributed by atoms with E-state index in [0.29, 0.717) is 12.8 Å². The number of carbonyl (C=O) groups excluding carboxylic acids is 1. The molecule has 3 atom stereocenters. The quantitative estimate of drug-likeness (QED) is 0.0887. The van der Waals surface area contributed by atoms with Crippen molar-refractivity contribution < 1.29 is 28.0 Å². The molecule has 0 saturated heterocycles. The molecule has 0 aliphatic heterocycles. The van der Waals surface area contributed by atoms with Gasteiger partial charge in [-0.05, 0) is 51.4 Å². The maximum Gasteiger partial charge on any atom is 0.267 e. The molecule has 35 heavy (non-hydrogen) atoms. The van der Waals surface area contributed by atoms with Crippen LogP contribution in [0.4, 0.5) is 0 Å². The van der Waals surface area contributed by atoms with Crippen LogP contribution in [0, 0.1) is 0 Å². The fourth-order valence-electron chi connectivity index (χ4n) is 3.53. The van der Waals surface area contributed by atoms with Crippen LogP contribution in [-0.2, 0) is 14.9 Å². The normalized spacial score (nSPS) is 15.2. The fourth-order valence-corrected chi connectivity index (χ4v) is 4.26. The van der Waals surface area contributed by atoms with E-state index in [9.17, 15) is 28.0 Å². The minimum Gasteiger partial charge on any atom is -0.387 e. The van der Waals surface area contributed by atoms with Crippen LogP contribution in [0.1, 0.15) is 104 Å². The van der Waals surface area contributed by atoms with Crippen molar-refractivity contribution in [1.82, 2.24) is 5.32 Å². The van der Waals surface area contributed by atoms with Crippen LogP contribution in [0.25, 0.3) is 0 Å². The van der Waals surface area contributed by atoms with E-state index >= 15 is 0 Å². The summed E-state index contributed by atoms with van der Waals surface area (Å²) in [4.78, 5) is 12.3. The summed E-state index contributed by atoms with van der Waals surface area (Å²) in [7, 11) is -4.43. The molecular formula is C27H49NO6S. The first kappa shape index (κ1) is 33.5. The van der Waals surface area contributed by atoms with E-state index < -0.39 is 40.0 Å². The molecule has 3 unspecified atom stereocenters. The number of nitrogens with one attached hydrogen (secondary N) is 1. The van der Waals surface area contributed by atoms with Gasteiger partial charge in [-0.15, -0.1) is 0 Å². The number of aliphatic hydroxyl groups excluding tert-OH is 2. The summed E-state index contributed by atoms with van der Waals surface area (Å²) in [6.45, 7) is 4.29. The predicted molar refractivity (Wildman–Crippen MR) is 144 cm³/mol. The number of amides is 1. The zero-order valence-corrected chi connectivity index (χ0v) is 22.6. The van der Waals surface area contributed by atoms with Crippen molar-refractivity contribution in [1.29, 1.82) is 0 Å². The molecule has 0 aliphatic rings. The highest BCUT2D eigenvalue weighted by molar-refractivity contribution is 7.85. The smallest absolute Gasteiger partial charge is 0.267 e. The third-order valence-corrected chi connectivity index (χ3v) is 6.41. The summed E-state index contributed by atoms with van der Waals surface area (Å²) in [5.41, 5.74) is 0. The lowest BCUT2D eigenvalue weighted by Gasteiger charge is -2.22. The molecule has 0 bridgehead atoms. The Balaban J connectivity index is 4.38. The molecule has 0 aromatic carbocycles. The van der Waals surface area contributed by atoms with E-state index in [1.54, 1.807) is 6.08 Å². The van der Waals surface area contributed by atoms with Crippen molar-refractivity contribution in [3.05, 3.63) is 36.5 Å². The summed E-state index contributed by atoms with van der Waals surface area (Å²) >= 11 is 0. The van der Waals surface area contributed by atoms with Gasteiger partial charge in [-0.25, -0.2) is 0 Å². The maximum absolute atomic E-state index is 12.3. The predicted octanol–water partition coefficient (Wildman–Crippen LogP) is 5.25. The molecule has 1 amide bonds. The van der Waals surface area contributed by atoms with Crippen LogP contribution in [-0.4, -0.2) is 53.1 Å². The van der Waals surface area contributed by atoms with Gasteiger partial charge >= 0.3 is 0 Å². The van der Waals surface area contributed by atoms with Crippen molar-refractivity contribution in [2.75, 3.05) is 5.75 Å². The average Bonchev–Trinajstić information content (AvgIpc) is 2.80. The number of allylic oxidation sites excluding steroid dienone is 5. The lowest BCUT2D eigenvalue weighted by Crippen LogP contribution is -2.50. The number of carbonyl (C=O) groups is 1. The van der Waals surface area contributed by atoms with E-state index in [0.717, 1.165) is 51.4 Å². The van der Waals surface area contributed by atoms with Crippen molar-refractivity contribution in [2.24, 2.45) is 0 Å². The molecule has 0 aromatic rings. The van der Waals surface area contributed by atoms with Gasteiger partial charge < -0.3 is 15.5 Å². The second-order valence-corrected chi connectivity index (χ2v) is 10.6. The van der Waals surface area contributed by atoms with Gasteiger partial charge in [0.25, 0.3) is 10.1 Å². The molecule has 0 aliphatic carbocycles. The molecule has 8 heteroatoms. The standard InChI is InChI=1S/C27H49NO6S/c1-3-5-7-9-11-12-13-14-16-18-20-22-26(30)27(31)28-24(23-35(32,33)34)25(29)21-19-17-15-10-8-6-4-2/h8,10-12,19,21,24-26,29-30H,3-7,9,13-18,20,22-23H2,1-2H3,(H,28,31)(H,32,33,34)/b10-8+,12-11-,21-19+. The molecule has 0 radical (unpaired) electrons. The monoisotopic (exact) mass is 515 g/mol. The number of unbranched alkanes of at least 4 members (excludes halogenated alkanes) is 9. The van der Waals surface area contributed by atoms with Crippen molar-refractivity contribution >= 4 is 16.0 Å². The zero-order valence-electron chi connectivity index (χ0n) is 21.8. The highest BCUT2D eigenvalue weighted by Crippen LogP contribution is 2.10. The molecule has 0 aromatic heterocycles. The van der Waals surface area contributed by atoms with Gasteiger partial charge in [0.05, 0.1) is 17.9 Å². The van der Waals surface area contributed by atoms with Gasteiger partial charge in [0.2, 0.25) is 5.91 Å². The first-order chi connectivity index (χ1) is 16.7. The molecule has 0 rings (SSSR count). The minimum absolute atomic E-state index is 0.257. The Labute approximate surface area is 213 Å². The fraction of sp³-hybridized carbons (Fsp3) is 0.741. The topological polar surface area (TPSA) is 124 Å². The van der Waals surface area contributed by atoms with Crippen LogP contribution in [0.15, 0.2) is 36.5 Å². The maximum atomic E-state index is 12.3. The molecule has 204 valence electrons. The third kappa shape index (κ3) is 21.5. The van der Waals surface area contributed by atoms with Crippen LogP contribution in [0.5, 0.6) is 0 Å². The van der Waals surface area contributed by atoms with Gasteiger partial charge in [-0.3, -0.25) is 9.35 Å². The molecule has 7 nitrogen and oxygen atoms in total. The van der Waals surface area contributed by atoms with Crippen LogP contribution < -0.4 is 5.32 Å². The molecule has 0 heterocycles. The van der Waals surface area contributed by atoms with Gasteiger partial charge in [-0.2, -0.15) is 8.42 Å². The average molecular weight is 516 g/mol. The minimum atomic E-state index is -4.43. The first-order valence-corrected chi connectivity index (χ1v) is 14.9. The van der Waals surface area contributed by atoms with Crippen LogP contribution in [0.2, 0.25) is 0 Å². The van der Waals surface area contributed by atoms with Crippen LogP contribution >= 0.6 is 0 Å². The van der Waals surface area contributed by atoms with E-state index in [-0.39, 0.29) is 6.42 Å². The van der Waals surface area contributed by atoms with Gasteiger partial charge in [0.1, 0.15) is 6.10 Å². The van der Waals surface area contributed by atoms with Crippen molar-refractivity contribution in [3.8, 4) is 0 Å². The lowest BCUT2D eigenvalue weighted by atomic mass is 10.1. The SMILES string of the molecule is CCC/C=C/CC/C=C/C(O)C(CS(=O)(=O)O)NC(=O)C(O)CCCCCC/C=C\CCCCC. The van der Waals surface area contributed by atoms with Gasteiger partial charge in [-0.1, -0.05) is 88.8 Å². The van der Waals surface area contributed by atoms with E-state index in [2.05, 4.69) is 37.4 Å². The van der Waals surface area contributed by atoms with Crippen molar-refractivity contribution in [2.45, 2.75) is 122 Å². The Kier molecular flexibility index (Phi) is 20.9. The highest BCUT2D eigenvalue weighted by atomic mass is 32.2. The van der Waals surface area contributed by atoms with Crippen molar-refractivity contribution in [3.63, 3.8) is 0 Å². The Morgan fingerprint density at radius 3 is 1.97 bits per heavy atom. The zero-order chi connectivity index (χ0) is 26.4. The Hall–Kier alpha value is -1.48. The van der Waals surface area contributed by atoms with Crippen LogP contribution in [0.3, 0.4) is 0 Å². The van der Waals surface area contributed by atoms with E-state index in [1.165, 1.54) is 25.3 Å². The largest absolute Gasteiger partial charge is 0.387 e. The molecule has 0 spiro atoms. The summed E-state index contributed by atoms with van der Waals surface area (Å²) < 4.78 is 31.9. The second kappa shape index (κ2) is 21.8. The third-order valence-electron chi connectivity index (χ3n) is 5.63. The molecule has 0 fully saturated rings. The number of rotatable bonds is 22. The second-order valence-electron chi connectivity index (χ2n) is 9.09. The van der Waals surface area contributed by atoms with E-state index in [1.807, 2.05) is 6.08 Å². The Bertz CT molecular complexity index is 717. The molecule has 0 saturated carbocycles. The first-order valence-electron chi connectivity index (χ1n) is 13.3. The van der Waals surface area contributed by atoms with E-state index in [4.69, 9.17) is 0 Å². The molecule has 4 N–H and O–H groups in total. The Morgan fingerprint density at radius 2 is 1.34 bits per heavy atom. The van der Waals surface area contributed by atoms with Gasteiger partial charge in [0, 0.05) is 0 Å². The van der Waals surface area contributed by atoms with Gasteiger partial charge in [0.15, 0.2) is 0 Å². The number of aliphatic hydroxyl groups is 2. The Morgan fingerprint density at radius 1 is 0.771 bits per heavy atom. The molecular weight excluding hydrogens is 466 g/mol. The number of hydrogen-bond acceptors (Lipinski definition) is 5.